The van der Waals surface area contributed by atoms with Gasteiger partial charge in [-0.1, -0.05) is 12.1 Å². The van der Waals surface area contributed by atoms with E-state index in [0.29, 0.717) is 17.9 Å². The van der Waals surface area contributed by atoms with E-state index in [0.717, 1.165) is 11.1 Å². The number of hydrogen-bond acceptors (Lipinski definition) is 4. The van der Waals surface area contributed by atoms with Gasteiger partial charge in [0, 0.05) is 12.4 Å². The van der Waals surface area contributed by atoms with Crippen LogP contribution in [0.25, 0.3) is 0 Å². The Morgan fingerprint density at radius 1 is 1.46 bits per heavy atom. The van der Waals surface area contributed by atoms with Crippen LogP contribution in [0.1, 0.15) is 11.1 Å². The number of aliphatic hydroxyl groups is 1. The monoisotopic (exact) mass is 197 g/mol. The van der Waals surface area contributed by atoms with E-state index in [1.807, 2.05) is 6.07 Å². The van der Waals surface area contributed by atoms with Crippen LogP contribution in [0.15, 0.2) is 23.4 Å². The lowest BCUT2D eigenvalue weighted by atomic mass is 10.1. The van der Waals surface area contributed by atoms with Crippen molar-refractivity contribution in [1.29, 1.82) is 0 Å². The number of rotatable bonds is 4. The summed E-state index contributed by atoms with van der Waals surface area (Å²) in [7, 11) is 0. The first-order valence-electron chi connectivity index (χ1n) is 3.98. The molecule has 1 aromatic rings. The standard InChI is InChI=1S/C9H11NO2S/c11-4-3-7-1-2-9(10-12)8(5-7)6-13/h1-2,5,11,13H,3-4,6H2. The van der Waals surface area contributed by atoms with Crippen LogP contribution in [0.5, 0.6) is 0 Å². The first-order chi connectivity index (χ1) is 6.31. The molecular formula is C9H11NO2S. The van der Waals surface area contributed by atoms with Crippen LogP contribution in [0.2, 0.25) is 0 Å². The first kappa shape index (κ1) is 10.2. The third-order valence-corrected chi connectivity index (χ3v) is 2.15. The van der Waals surface area contributed by atoms with Gasteiger partial charge in [0.25, 0.3) is 0 Å². The Balaban J connectivity index is 2.98. The fourth-order valence-corrected chi connectivity index (χ4v) is 1.39. The smallest absolute Gasteiger partial charge is 0.112 e. The Kier molecular flexibility index (Phi) is 3.92. The second-order valence-corrected chi connectivity index (χ2v) is 3.00. The zero-order chi connectivity index (χ0) is 9.68. The zero-order valence-electron chi connectivity index (χ0n) is 7.10. The van der Waals surface area contributed by atoms with E-state index in [1.54, 1.807) is 12.1 Å². The number of nitrogens with zero attached hydrogens (tertiary/aromatic N) is 1. The van der Waals surface area contributed by atoms with Crippen molar-refractivity contribution < 1.29 is 5.11 Å². The van der Waals surface area contributed by atoms with Gasteiger partial charge in [0.05, 0.1) is 0 Å². The SMILES string of the molecule is O=Nc1ccc(CCO)cc1CS. The van der Waals surface area contributed by atoms with E-state index < -0.39 is 0 Å². The quantitative estimate of drug-likeness (QED) is 0.573. The van der Waals surface area contributed by atoms with E-state index in [4.69, 9.17) is 5.11 Å². The van der Waals surface area contributed by atoms with Crippen molar-refractivity contribution in [2.75, 3.05) is 6.61 Å². The number of thiol groups is 1. The van der Waals surface area contributed by atoms with Crippen LogP contribution in [-0.2, 0) is 12.2 Å². The molecule has 0 aromatic heterocycles. The fraction of sp³-hybridized carbons (Fsp3) is 0.333. The molecule has 13 heavy (non-hydrogen) atoms. The Morgan fingerprint density at radius 3 is 2.77 bits per heavy atom. The second-order valence-electron chi connectivity index (χ2n) is 2.69. The highest BCUT2D eigenvalue weighted by Gasteiger charge is 2.02. The maximum absolute atomic E-state index is 10.3. The molecule has 0 unspecified atom stereocenters. The molecule has 70 valence electrons. The van der Waals surface area contributed by atoms with Gasteiger partial charge in [-0.15, -0.1) is 4.91 Å². The topological polar surface area (TPSA) is 49.7 Å². The van der Waals surface area contributed by atoms with E-state index >= 15 is 0 Å². The summed E-state index contributed by atoms with van der Waals surface area (Å²) in [6.45, 7) is 0.111. The van der Waals surface area contributed by atoms with Crippen LogP contribution in [0.4, 0.5) is 5.69 Å². The molecule has 4 heteroatoms. The summed E-state index contributed by atoms with van der Waals surface area (Å²) in [6, 6.07) is 5.30. The Bertz CT molecular complexity index is 302. The fourth-order valence-electron chi connectivity index (χ4n) is 1.14. The normalized spacial score (nSPS) is 10.0. The average Bonchev–Trinajstić information content (AvgIpc) is 2.18. The predicted molar refractivity (Wildman–Crippen MR) is 55.4 cm³/mol. The van der Waals surface area contributed by atoms with Gasteiger partial charge in [0.15, 0.2) is 0 Å². The summed E-state index contributed by atoms with van der Waals surface area (Å²) in [5.41, 5.74) is 2.24. The number of hydrogen-bond donors (Lipinski definition) is 2. The second kappa shape index (κ2) is 4.99. The van der Waals surface area contributed by atoms with Gasteiger partial charge in [0.2, 0.25) is 0 Å². The third-order valence-electron chi connectivity index (χ3n) is 1.81. The maximum atomic E-state index is 10.3. The van der Waals surface area contributed by atoms with Crippen molar-refractivity contribution in [2.45, 2.75) is 12.2 Å². The summed E-state index contributed by atoms with van der Waals surface area (Å²) in [4.78, 5) is 10.3. The number of aliphatic hydroxyl groups excluding tert-OH is 1. The van der Waals surface area contributed by atoms with Gasteiger partial charge in [-0.25, -0.2) is 0 Å². The molecule has 0 atom stereocenters. The molecule has 0 heterocycles. The number of benzene rings is 1. The van der Waals surface area contributed by atoms with Gasteiger partial charge in [-0.3, -0.25) is 0 Å². The van der Waals surface area contributed by atoms with Crippen LogP contribution >= 0.6 is 12.6 Å². The van der Waals surface area contributed by atoms with Gasteiger partial charge in [-0.05, 0) is 28.8 Å². The molecule has 1 aromatic carbocycles. The van der Waals surface area contributed by atoms with Crippen molar-refractivity contribution in [1.82, 2.24) is 0 Å². The summed E-state index contributed by atoms with van der Waals surface area (Å²) in [5.74, 6) is 0.486. The minimum absolute atomic E-state index is 0.111. The minimum Gasteiger partial charge on any atom is -0.396 e. The molecule has 0 fully saturated rings. The Morgan fingerprint density at radius 2 is 2.23 bits per heavy atom. The molecule has 0 spiro atoms. The first-order valence-corrected chi connectivity index (χ1v) is 4.62. The summed E-state index contributed by atoms with van der Waals surface area (Å²) >= 11 is 4.09. The van der Waals surface area contributed by atoms with Gasteiger partial charge >= 0.3 is 0 Å². The lowest BCUT2D eigenvalue weighted by Crippen LogP contribution is -1.91. The minimum atomic E-state index is 0.111. The lowest BCUT2D eigenvalue weighted by Gasteiger charge is -2.03. The highest BCUT2D eigenvalue weighted by Crippen LogP contribution is 2.22. The van der Waals surface area contributed by atoms with Gasteiger partial charge in [0.1, 0.15) is 5.69 Å². The summed E-state index contributed by atoms with van der Waals surface area (Å²) in [5, 5.41) is 11.6. The van der Waals surface area contributed by atoms with Gasteiger partial charge in [-0.2, -0.15) is 12.6 Å². The van der Waals surface area contributed by atoms with Crippen LogP contribution in [0, 0.1) is 4.91 Å². The molecule has 3 nitrogen and oxygen atoms in total. The van der Waals surface area contributed by atoms with Crippen LogP contribution in [0.3, 0.4) is 0 Å². The third kappa shape index (κ3) is 2.54. The predicted octanol–water partition coefficient (Wildman–Crippen LogP) is 2.05. The van der Waals surface area contributed by atoms with Crippen LogP contribution in [-0.4, -0.2) is 11.7 Å². The summed E-state index contributed by atoms with van der Waals surface area (Å²) in [6.07, 6.45) is 0.597. The van der Waals surface area contributed by atoms with Crippen molar-refractivity contribution in [3.8, 4) is 0 Å². The molecule has 0 aliphatic heterocycles. The molecule has 0 aliphatic carbocycles. The molecule has 0 saturated heterocycles. The van der Waals surface area contributed by atoms with Crippen molar-refractivity contribution in [3.05, 3.63) is 34.2 Å². The molecule has 0 bridgehead atoms. The molecule has 0 aliphatic rings. The molecular weight excluding hydrogens is 186 g/mol. The zero-order valence-corrected chi connectivity index (χ0v) is 8.00. The summed E-state index contributed by atoms with van der Waals surface area (Å²) < 4.78 is 0. The highest BCUT2D eigenvalue weighted by molar-refractivity contribution is 7.79. The van der Waals surface area contributed by atoms with E-state index in [2.05, 4.69) is 17.8 Å². The van der Waals surface area contributed by atoms with Crippen molar-refractivity contribution in [3.63, 3.8) is 0 Å². The van der Waals surface area contributed by atoms with Crippen LogP contribution < -0.4 is 0 Å². The van der Waals surface area contributed by atoms with Gasteiger partial charge < -0.3 is 5.11 Å². The van der Waals surface area contributed by atoms with E-state index in [9.17, 15) is 4.91 Å². The Hall–Kier alpha value is -0.870. The van der Waals surface area contributed by atoms with Crippen molar-refractivity contribution in [2.24, 2.45) is 5.18 Å². The molecule has 1 rings (SSSR count). The average molecular weight is 197 g/mol. The molecule has 0 saturated carbocycles. The van der Waals surface area contributed by atoms with Crippen molar-refractivity contribution >= 4 is 18.3 Å². The molecule has 0 radical (unpaired) electrons. The highest BCUT2D eigenvalue weighted by atomic mass is 32.1. The van der Waals surface area contributed by atoms with E-state index in [-0.39, 0.29) is 6.61 Å². The molecule has 0 amide bonds. The Labute approximate surface area is 82.2 Å². The van der Waals surface area contributed by atoms with E-state index in [1.165, 1.54) is 0 Å². The number of nitroso groups, excluding NO2 is 1. The molecule has 1 N–H and O–H groups in total. The largest absolute Gasteiger partial charge is 0.396 e. The maximum Gasteiger partial charge on any atom is 0.112 e. The lowest BCUT2D eigenvalue weighted by molar-refractivity contribution is 0.299.